The number of nitriles is 1. The molecule has 0 aliphatic carbocycles. The van der Waals surface area contributed by atoms with Gasteiger partial charge in [0.2, 0.25) is 0 Å². The number of H-pyrrole nitrogens is 1. The number of benzene rings is 1. The Labute approximate surface area is 137 Å². The molecular formula is C18H13N5O. The van der Waals surface area contributed by atoms with E-state index in [9.17, 15) is 0 Å². The number of imidazole rings is 1. The van der Waals surface area contributed by atoms with Gasteiger partial charge in [-0.25, -0.2) is 4.98 Å². The Kier molecular flexibility index (Phi) is 3.32. The second-order valence-corrected chi connectivity index (χ2v) is 5.41. The van der Waals surface area contributed by atoms with Gasteiger partial charge in [-0.2, -0.15) is 5.26 Å². The normalized spacial score (nSPS) is 10.8. The molecule has 24 heavy (non-hydrogen) atoms. The Morgan fingerprint density at radius 3 is 2.79 bits per heavy atom. The van der Waals surface area contributed by atoms with Gasteiger partial charge in [-0.3, -0.25) is 9.97 Å². The van der Waals surface area contributed by atoms with Crippen LogP contribution in [-0.2, 0) is 6.42 Å². The molecule has 0 saturated heterocycles. The van der Waals surface area contributed by atoms with Gasteiger partial charge in [-0.1, -0.05) is 0 Å². The minimum atomic E-state index is 0.581. The van der Waals surface area contributed by atoms with Crippen molar-refractivity contribution in [1.29, 1.82) is 5.26 Å². The van der Waals surface area contributed by atoms with Gasteiger partial charge in [0.05, 0.1) is 42.2 Å². The standard InChI is InChI=1S/C18H13N5O/c1-24-13-4-3-12(20-9-13)7-17-22-16-10-21-15-5-2-11(8-19)6-14(15)18(16)23-17/h2-6,9-10H,7H2,1H3,(H,22,23). The molecule has 0 saturated carbocycles. The van der Waals surface area contributed by atoms with Crippen LogP contribution < -0.4 is 4.74 Å². The molecule has 0 spiro atoms. The van der Waals surface area contributed by atoms with Gasteiger partial charge in [0, 0.05) is 17.5 Å². The van der Waals surface area contributed by atoms with Crippen LogP contribution >= 0.6 is 0 Å². The number of hydrogen-bond donors (Lipinski definition) is 1. The molecule has 0 aliphatic heterocycles. The van der Waals surface area contributed by atoms with Crippen LogP contribution in [0.2, 0.25) is 0 Å². The first-order valence-corrected chi connectivity index (χ1v) is 7.43. The molecule has 0 atom stereocenters. The van der Waals surface area contributed by atoms with Crippen LogP contribution in [0.15, 0.2) is 42.7 Å². The van der Waals surface area contributed by atoms with Crippen LogP contribution in [0.25, 0.3) is 21.9 Å². The zero-order valence-electron chi connectivity index (χ0n) is 12.9. The first kappa shape index (κ1) is 14.2. The molecule has 0 amide bonds. The van der Waals surface area contributed by atoms with E-state index in [1.807, 2.05) is 24.3 Å². The van der Waals surface area contributed by atoms with E-state index in [-0.39, 0.29) is 0 Å². The van der Waals surface area contributed by atoms with Gasteiger partial charge in [0.25, 0.3) is 0 Å². The molecule has 3 heterocycles. The van der Waals surface area contributed by atoms with Crippen molar-refractivity contribution in [3.63, 3.8) is 0 Å². The summed E-state index contributed by atoms with van der Waals surface area (Å²) in [4.78, 5) is 16.7. The fourth-order valence-corrected chi connectivity index (χ4v) is 2.68. The van der Waals surface area contributed by atoms with E-state index in [2.05, 4.69) is 26.0 Å². The van der Waals surface area contributed by atoms with Crippen LogP contribution in [-0.4, -0.2) is 27.0 Å². The van der Waals surface area contributed by atoms with Gasteiger partial charge in [-0.15, -0.1) is 0 Å². The third kappa shape index (κ3) is 2.42. The molecule has 0 fully saturated rings. The number of nitrogens with one attached hydrogen (secondary N) is 1. The molecule has 6 nitrogen and oxygen atoms in total. The molecular weight excluding hydrogens is 302 g/mol. The lowest BCUT2D eigenvalue weighted by atomic mass is 10.1. The number of hydrogen-bond acceptors (Lipinski definition) is 5. The summed E-state index contributed by atoms with van der Waals surface area (Å²) in [7, 11) is 1.61. The molecule has 6 heteroatoms. The van der Waals surface area contributed by atoms with Gasteiger partial charge in [0.15, 0.2) is 0 Å². The fraction of sp³-hybridized carbons (Fsp3) is 0.111. The third-order valence-electron chi connectivity index (χ3n) is 3.88. The average molecular weight is 315 g/mol. The Bertz CT molecular complexity index is 1080. The number of fused-ring (bicyclic) bond motifs is 3. The van der Waals surface area contributed by atoms with E-state index in [1.54, 1.807) is 25.6 Å². The monoisotopic (exact) mass is 315 g/mol. The van der Waals surface area contributed by atoms with E-state index in [0.29, 0.717) is 12.0 Å². The summed E-state index contributed by atoms with van der Waals surface area (Å²) in [6.45, 7) is 0. The molecule has 116 valence electrons. The van der Waals surface area contributed by atoms with Crippen LogP contribution in [0.1, 0.15) is 17.1 Å². The molecule has 0 unspecified atom stereocenters. The lowest BCUT2D eigenvalue weighted by molar-refractivity contribution is 0.412. The van der Waals surface area contributed by atoms with Crippen LogP contribution in [0, 0.1) is 11.3 Å². The number of aromatic nitrogens is 4. The Hall–Kier alpha value is -3.46. The molecule has 0 radical (unpaired) electrons. The number of methoxy groups -OCH3 is 1. The average Bonchev–Trinajstić information content (AvgIpc) is 3.05. The Morgan fingerprint density at radius 1 is 1.12 bits per heavy atom. The first-order valence-electron chi connectivity index (χ1n) is 7.43. The summed E-state index contributed by atoms with van der Waals surface area (Å²) < 4.78 is 5.12. The van der Waals surface area contributed by atoms with Crippen molar-refractivity contribution in [3.05, 3.63) is 59.8 Å². The summed E-state index contributed by atoms with van der Waals surface area (Å²) in [5.41, 5.74) is 4.00. The molecule has 4 rings (SSSR count). The topological polar surface area (TPSA) is 87.5 Å². The molecule has 0 bridgehead atoms. The highest BCUT2D eigenvalue weighted by molar-refractivity contribution is 6.02. The SMILES string of the molecule is COc1ccc(Cc2nc3cnc4ccc(C#N)cc4c3[nH]2)nc1. The molecule has 1 N–H and O–H groups in total. The van der Waals surface area contributed by atoms with Crippen molar-refractivity contribution in [2.75, 3.05) is 7.11 Å². The number of nitrogens with zero attached hydrogens (tertiary/aromatic N) is 4. The third-order valence-corrected chi connectivity index (χ3v) is 3.88. The number of pyridine rings is 2. The zero-order valence-corrected chi connectivity index (χ0v) is 12.9. The van der Waals surface area contributed by atoms with Crippen molar-refractivity contribution in [1.82, 2.24) is 19.9 Å². The van der Waals surface area contributed by atoms with E-state index in [4.69, 9.17) is 10.00 Å². The van der Waals surface area contributed by atoms with E-state index >= 15 is 0 Å². The highest BCUT2D eigenvalue weighted by Gasteiger charge is 2.09. The van der Waals surface area contributed by atoms with Crippen molar-refractivity contribution >= 4 is 21.9 Å². The summed E-state index contributed by atoms with van der Waals surface area (Å²) in [5, 5.41) is 9.99. The van der Waals surface area contributed by atoms with Gasteiger partial charge in [-0.05, 0) is 30.3 Å². The first-order chi connectivity index (χ1) is 11.8. The Balaban J connectivity index is 1.76. The molecule has 0 aliphatic rings. The van der Waals surface area contributed by atoms with E-state index in [0.717, 1.165) is 39.2 Å². The summed E-state index contributed by atoms with van der Waals surface area (Å²) in [6.07, 6.45) is 4.01. The van der Waals surface area contributed by atoms with Crippen LogP contribution in [0.5, 0.6) is 5.75 Å². The maximum absolute atomic E-state index is 9.10. The molecule has 1 aromatic carbocycles. The van der Waals surface area contributed by atoms with E-state index < -0.39 is 0 Å². The molecule has 4 aromatic rings. The summed E-state index contributed by atoms with van der Waals surface area (Å²) >= 11 is 0. The highest BCUT2D eigenvalue weighted by Crippen LogP contribution is 2.23. The second-order valence-electron chi connectivity index (χ2n) is 5.41. The predicted octanol–water partition coefficient (Wildman–Crippen LogP) is 2.98. The van der Waals surface area contributed by atoms with Crippen molar-refractivity contribution in [2.45, 2.75) is 6.42 Å². The number of rotatable bonds is 3. The van der Waals surface area contributed by atoms with E-state index in [1.165, 1.54) is 0 Å². The highest BCUT2D eigenvalue weighted by atomic mass is 16.5. The van der Waals surface area contributed by atoms with Crippen LogP contribution in [0.4, 0.5) is 0 Å². The fourth-order valence-electron chi connectivity index (χ4n) is 2.68. The quantitative estimate of drug-likeness (QED) is 0.628. The predicted molar refractivity (Wildman–Crippen MR) is 89.7 cm³/mol. The lowest BCUT2D eigenvalue weighted by Crippen LogP contribution is -1.94. The summed E-state index contributed by atoms with van der Waals surface area (Å²) in [5.74, 6) is 1.53. The van der Waals surface area contributed by atoms with Crippen molar-refractivity contribution in [3.8, 4) is 11.8 Å². The summed E-state index contributed by atoms with van der Waals surface area (Å²) in [6, 6.07) is 11.4. The largest absolute Gasteiger partial charge is 0.495 e. The maximum atomic E-state index is 9.10. The smallest absolute Gasteiger partial charge is 0.137 e. The van der Waals surface area contributed by atoms with Crippen molar-refractivity contribution < 1.29 is 4.74 Å². The number of ether oxygens (including phenoxy) is 1. The molecule has 3 aromatic heterocycles. The second kappa shape index (κ2) is 5.63. The van der Waals surface area contributed by atoms with Crippen LogP contribution in [0.3, 0.4) is 0 Å². The lowest BCUT2D eigenvalue weighted by Gasteiger charge is -2.00. The van der Waals surface area contributed by atoms with Gasteiger partial charge in [0.1, 0.15) is 17.1 Å². The van der Waals surface area contributed by atoms with Gasteiger partial charge >= 0.3 is 0 Å². The number of aromatic amines is 1. The minimum Gasteiger partial charge on any atom is -0.495 e. The van der Waals surface area contributed by atoms with Crippen molar-refractivity contribution in [2.24, 2.45) is 0 Å². The van der Waals surface area contributed by atoms with Gasteiger partial charge < -0.3 is 9.72 Å². The minimum absolute atomic E-state index is 0.581. The zero-order chi connectivity index (χ0) is 16.5. The Morgan fingerprint density at radius 2 is 2.04 bits per heavy atom. The maximum Gasteiger partial charge on any atom is 0.137 e.